The molecular weight excluding hydrogens is 446 g/mol. The van der Waals surface area contributed by atoms with Gasteiger partial charge < -0.3 is 19.7 Å². The van der Waals surface area contributed by atoms with E-state index in [0.717, 1.165) is 34.7 Å². The summed E-state index contributed by atoms with van der Waals surface area (Å²) in [7, 11) is -0.859. The van der Waals surface area contributed by atoms with Crippen molar-refractivity contribution in [2.75, 3.05) is 37.9 Å². The molecule has 0 bridgehead atoms. The van der Waals surface area contributed by atoms with Gasteiger partial charge in [-0.25, -0.2) is 8.42 Å². The Hall–Kier alpha value is -3.27. The van der Waals surface area contributed by atoms with Gasteiger partial charge in [-0.3, -0.25) is 13.9 Å². The molecule has 2 amide bonds. The van der Waals surface area contributed by atoms with Crippen LogP contribution in [0.1, 0.15) is 24.0 Å². The van der Waals surface area contributed by atoms with Gasteiger partial charge in [-0.15, -0.1) is 0 Å². The van der Waals surface area contributed by atoms with Gasteiger partial charge in [-0.05, 0) is 29.7 Å². The number of ether oxygens (including phenoxy) is 2. The van der Waals surface area contributed by atoms with Gasteiger partial charge in [0.05, 0.1) is 26.2 Å². The molecule has 0 spiro atoms. The molecule has 1 fully saturated rings. The van der Waals surface area contributed by atoms with Crippen molar-refractivity contribution >= 4 is 27.5 Å². The third-order valence-corrected chi connectivity index (χ3v) is 6.60. The van der Waals surface area contributed by atoms with Crippen LogP contribution in [0.5, 0.6) is 11.5 Å². The molecule has 0 aromatic heterocycles. The van der Waals surface area contributed by atoms with Crippen LogP contribution in [0.4, 0.5) is 5.69 Å². The Morgan fingerprint density at radius 1 is 1.12 bits per heavy atom. The lowest BCUT2D eigenvalue weighted by atomic mass is 10.1. The van der Waals surface area contributed by atoms with Crippen molar-refractivity contribution in [1.29, 1.82) is 0 Å². The molecule has 2 aromatic carbocycles. The molecule has 178 valence electrons. The van der Waals surface area contributed by atoms with Crippen molar-refractivity contribution in [1.82, 2.24) is 10.2 Å². The van der Waals surface area contributed by atoms with Gasteiger partial charge in [-0.2, -0.15) is 0 Å². The topological polar surface area (TPSA) is 105 Å². The number of hydrogen-bond donors (Lipinski definition) is 1. The van der Waals surface area contributed by atoms with Crippen LogP contribution in [0.25, 0.3) is 0 Å². The minimum absolute atomic E-state index is 0.131. The van der Waals surface area contributed by atoms with E-state index in [4.69, 9.17) is 9.47 Å². The highest BCUT2D eigenvalue weighted by Crippen LogP contribution is 2.33. The second kappa shape index (κ2) is 10.6. The van der Waals surface area contributed by atoms with Crippen LogP contribution in [0.15, 0.2) is 42.5 Å². The highest BCUT2D eigenvalue weighted by atomic mass is 32.2. The summed E-state index contributed by atoms with van der Waals surface area (Å²) in [5.41, 5.74) is 2.06. The Labute approximate surface area is 194 Å². The van der Waals surface area contributed by atoms with Gasteiger partial charge in [-0.1, -0.05) is 24.3 Å². The third kappa shape index (κ3) is 6.16. The van der Waals surface area contributed by atoms with Gasteiger partial charge in [0, 0.05) is 32.1 Å². The lowest BCUT2D eigenvalue weighted by Gasteiger charge is -2.24. The van der Waals surface area contributed by atoms with E-state index in [-0.39, 0.29) is 23.9 Å². The second-order valence-electron chi connectivity index (χ2n) is 7.77. The Kier molecular flexibility index (Phi) is 7.80. The first-order chi connectivity index (χ1) is 15.7. The van der Waals surface area contributed by atoms with E-state index in [2.05, 4.69) is 5.32 Å². The lowest BCUT2D eigenvalue weighted by molar-refractivity contribution is -0.128. The number of nitrogens with one attached hydrogen (secondary N) is 1. The number of methoxy groups -OCH3 is 2. The van der Waals surface area contributed by atoms with Gasteiger partial charge in [0.15, 0.2) is 0 Å². The molecule has 0 atom stereocenters. The summed E-state index contributed by atoms with van der Waals surface area (Å²) in [6, 6.07) is 12.3. The van der Waals surface area contributed by atoms with E-state index in [0.29, 0.717) is 18.7 Å². The zero-order valence-electron chi connectivity index (χ0n) is 19.0. The number of likely N-dealkylation sites (tertiary alicyclic amines) is 1. The smallest absolute Gasteiger partial charge is 0.241 e. The van der Waals surface area contributed by atoms with Crippen molar-refractivity contribution in [2.45, 2.75) is 25.9 Å². The van der Waals surface area contributed by atoms with E-state index in [1.54, 1.807) is 12.1 Å². The molecule has 1 heterocycles. The van der Waals surface area contributed by atoms with Crippen LogP contribution < -0.4 is 19.1 Å². The van der Waals surface area contributed by atoms with Crippen molar-refractivity contribution in [3.8, 4) is 11.5 Å². The SMILES string of the molecule is COc1ccc(N(CC(=O)NCc2ccccc2CN2CCCC2=O)S(C)(=O)=O)c(OC)c1. The molecule has 0 radical (unpaired) electrons. The maximum Gasteiger partial charge on any atom is 0.241 e. The highest BCUT2D eigenvalue weighted by molar-refractivity contribution is 7.92. The average Bonchev–Trinajstić information content (AvgIpc) is 3.20. The Bertz CT molecular complexity index is 1120. The predicted molar refractivity (Wildman–Crippen MR) is 125 cm³/mol. The zero-order chi connectivity index (χ0) is 24.0. The number of carbonyl (C=O) groups is 2. The fraction of sp³-hybridized carbons (Fsp3) is 0.391. The zero-order valence-corrected chi connectivity index (χ0v) is 19.9. The number of hydrogen-bond acceptors (Lipinski definition) is 6. The molecule has 0 unspecified atom stereocenters. The van der Waals surface area contributed by atoms with Crippen LogP contribution in [0.2, 0.25) is 0 Å². The third-order valence-electron chi connectivity index (χ3n) is 5.47. The summed E-state index contributed by atoms with van der Waals surface area (Å²) in [6.07, 6.45) is 2.45. The van der Waals surface area contributed by atoms with Gasteiger partial charge in [0.2, 0.25) is 21.8 Å². The summed E-state index contributed by atoms with van der Waals surface area (Å²) in [5, 5.41) is 2.79. The fourth-order valence-electron chi connectivity index (χ4n) is 3.71. The summed E-state index contributed by atoms with van der Waals surface area (Å²) >= 11 is 0. The number of benzene rings is 2. The van der Waals surface area contributed by atoms with Gasteiger partial charge in [0.1, 0.15) is 18.0 Å². The Balaban J connectivity index is 1.72. The van der Waals surface area contributed by atoms with Crippen molar-refractivity contribution in [3.63, 3.8) is 0 Å². The van der Waals surface area contributed by atoms with Crippen LogP contribution in [0, 0.1) is 0 Å². The maximum absolute atomic E-state index is 12.7. The quantitative estimate of drug-likeness (QED) is 0.563. The Morgan fingerprint density at radius 2 is 1.85 bits per heavy atom. The molecule has 1 aliphatic rings. The summed E-state index contributed by atoms with van der Waals surface area (Å²) in [5.74, 6) is 0.436. The molecule has 3 rings (SSSR count). The minimum Gasteiger partial charge on any atom is -0.497 e. The summed E-state index contributed by atoms with van der Waals surface area (Å²) in [4.78, 5) is 26.5. The fourth-order valence-corrected chi connectivity index (χ4v) is 4.57. The number of amides is 2. The molecule has 1 N–H and O–H groups in total. The molecule has 2 aromatic rings. The molecule has 0 aliphatic carbocycles. The first-order valence-electron chi connectivity index (χ1n) is 10.5. The molecule has 33 heavy (non-hydrogen) atoms. The number of nitrogens with zero attached hydrogens (tertiary/aromatic N) is 2. The summed E-state index contributed by atoms with van der Waals surface area (Å²) < 4.78 is 36.4. The first-order valence-corrected chi connectivity index (χ1v) is 12.4. The number of carbonyl (C=O) groups excluding carboxylic acids is 2. The lowest BCUT2D eigenvalue weighted by Crippen LogP contribution is -2.40. The minimum atomic E-state index is -3.77. The molecule has 1 aliphatic heterocycles. The van der Waals surface area contributed by atoms with Gasteiger partial charge >= 0.3 is 0 Å². The second-order valence-corrected chi connectivity index (χ2v) is 9.68. The van der Waals surface area contributed by atoms with Crippen LogP contribution in [0.3, 0.4) is 0 Å². The van der Waals surface area contributed by atoms with E-state index in [1.807, 2.05) is 29.2 Å². The van der Waals surface area contributed by atoms with E-state index >= 15 is 0 Å². The van der Waals surface area contributed by atoms with E-state index in [1.165, 1.54) is 20.3 Å². The molecule has 0 saturated carbocycles. The highest BCUT2D eigenvalue weighted by Gasteiger charge is 2.25. The number of anilines is 1. The Morgan fingerprint density at radius 3 is 2.45 bits per heavy atom. The van der Waals surface area contributed by atoms with E-state index < -0.39 is 22.5 Å². The monoisotopic (exact) mass is 475 g/mol. The summed E-state index contributed by atoms with van der Waals surface area (Å²) in [6.45, 7) is 1.03. The standard InChI is InChI=1S/C23H29N3O6S/c1-31-19-10-11-20(21(13-19)32-2)26(33(3,29)30)16-22(27)24-14-17-7-4-5-8-18(17)15-25-12-6-9-23(25)28/h4-5,7-8,10-11,13H,6,9,12,14-16H2,1-3H3,(H,24,27). The molecular formula is C23H29N3O6S. The van der Waals surface area contributed by atoms with Crippen molar-refractivity contribution in [3.05, 3.63) is 53.6 Å². The maximum atomic E-state index is 12.7. The first kappa shape index (κ1) is 24.4. The molecule has 9 nitrogen and oxygen atoms in total. The van der Waals surface area contributed by atoms with Gasteiger partial charge in [0.25, 0.3) is 0 Å². The van der Waals surface area contributed by atoms with Crippen LogP contribution in [-0.2, 0) is 32.7 Å². The predicted octanol–water partition coefficient (Wildman–Crippen LogP) is 1.91. The molecule has 10 heteroatoms. The van der Waals surface area contributed by atoms with Crippen molar-refractivity contribution < 1.29 is 27.5 Å². The number of sulfonamides is 1. The van der Waals surface area contributed by atoms with E-state index in [9.17, 15) is 18.0 Å². The largest absolute Gasteiger partial charge is 0.497 e. The van der Waals surface area contributed by atoms with Crippen LogP contribution >= 0.6 is 0 Å². The average molecular weight is 476 g/mol. The van der Waals surface area contributed by atoms with Crippen LogP contribution in [-0.4, -0.2) is 58.7 Å². The molecule has 1 saturated heterocycles. The number of rotatable bonds is 10. The normalized spacial score (nSPS) is 13.7. The van der Waals surface area contributed by atoms with Crippen molar-refractivity contribution in [2.24, 2.45) is 0 Å².